The van der Waals surface area contributed by atoms with Gasteiger partial charge in [0, 0.05) is 25.3 Å². The summed E-state index contributed by atoms with van der Waals surface area (Å²) >= 11 is 0. The van der Waals surface area contributed by atoms with Gasteiger partial charge in [-0.1, -0.05) is 12.1 Å². The summed E-state index contributed by atoms with van der Waals surface area (Å²) in [6.07, 6.45) is -1.40. The van der Waals surface area contributed by atoms with E-state index in [0.717, 1.165) is 0 Å². The van der Waals surface area contributed by atoms with Crippen molar-refractivity contribution in [2.24, 2.45) is 5.73 Å². The van der Waals surface area contributed by atoms with Crippen molar-refractivity contribution in [1.29, 1.82) is 0 Å². The van der Waals surface area contributed by atoms with Gasteiger partial charge in [0.15, 0.2) is 5.78 Å². The number of nitrogens with zero attached hydrogens (tertiary/aromatic N) is 1. The van der Waals surface area contributed by atoms with Crippen LogP contribution in [0.4, 0.5) is 10.5 Å². The van der Waals surface area contributed by atoms with Crippen LogP contribution in [0.5, 0.6) is 0 Å². The molecule has 1 aliphatic carbocycles. The van der Waals surface area contributed by atoms with Crippen molar-refractivity contribution in [3.8, 4) is 0 Å². The van der Waals surface area contributed by atoms with Crippen LogP contribution in [0.1, 0.15) is 31.1 Å². The third-order valence-electron chi connectivity index (χ3n) is 6.26. The van der Waals surface area contributed by atoms with Crippen LogP contribution in [0.15, 0.2) is 24.3 Å². The number of carbonyl (C=O) groups excluding carboxylic acids is 2. The van der Waals surface area contributed by atoms with Crippen molar-refractivity contribution in [2.45, 2.75) is 55.7 Å². The fourth-order valence-corrected chi connectivity index (χ4v) is 4.30. The number of urea groups is 1. The topological polar surface area (TPSA) is 168 Å². The number of anilines is 1. The Morgan fingerprint density at radius 2 is 1.90 bits per heavy atom. The van der Waals surface area contributed by atoms with Crippen LogP contribution in [-0.2, 0) is 0 Å². The number of nitrogens with two attached hydrogens (primary N) is 1. The van der Waals surface area contributed by atoms with Gasteiger partial charge in [0.25, 0.3) is 0 Å². The average molecular weight is 424 g/mol. The maximum Gasteiger partial charge on any atom is 0.317 e. The minimum absolute atomic E-state index is 0.171. The molecule has 0 bridgehead atoms. The van der Waals surface area contributed by atoms with E-state index in [2.05, 4.69) is 10.6 Å². The molecule has 0 radical (unpaired) electrons. The molecule has 8 N–H and O–H groups in total. The molecule has 2 amide bonds. The van der Waals surface area contributed by atoms with Crippen molar-refractivity contribution in [3.63, 3.8) is 0 Å². The second-order valence-corrected chi connectivity index (χ2v) is 8.31. The van der Waals surface area contributed by atoms with E-state index < -0.39 is 47.6 Å². The number of carbonyl (C=O) groups is 2. The Bertz CT molecular complexity index is 814. The molecule has 30 heavy (non-hydrogen) atoms. The second-order valence-electron chi connectivity index (χ2n) is 8.31. The Morgan fingerprint density at radius 1 is 1.30 bits per heavy atom. The fraction of sp³-hybridized carbons (Fsp3) is 0.600. The monoisotopic (exact) mass is 424 g/mol. The number of rotatable bonds is 6. The van der Waals surface area contributed by atoms with Gasteiger partial charge in [-0.05, 0) is 32.9 Å². The quantitative estimate of drug-likeness (QED) is 0.282. The van der Waals surface area contributed by atoms with Crippen molar-refractivity contribution in [2.75, 3.05) is 26.0 Å². The molecule has 0 unspecified atom stereocenters. The summed E-state index contributed by atoms with van der Waals surface area (Å²) in [5.41, 5.74) is 0.830. The Kier molecular flexibility index (Phi) is 6.51. The SMILES string of the molecule is CC(=O)c1cccc(N[C@@H]2[C@@H](N)[C@](NC(=O)N(C)C)([C@@H](C)O)[C@](C)(O)[C@]2(O)CO)c1. The normalized spacial score (nSPS) is 34.3. The lowest BCUT2D eigenvalue weighted by Gasteiger charge is -2.48. The summed E-state index contributed by atoms with van der Waals surface area (Å²) in [4.78, 5) is 25.4. The number of ketones is 1. The molecule has 10 heteroatoms. The molecule has 1 aromatic carbocycles. The van der Waals surface area contributed by atoms with Gasteiger partial charge < -0.3 is 41.7 Å². The largest absolute Gasteiger partial charge is 0.393 e. The first-order chi connectivity index (χ1) is 13.8. The zero-order chi connectivity index (χ0) is 23.1. The van der Waals surface area contributed by atoms with E-state index in [1.807, 2.05) is 0 Å². The Labute approximate surface area is 175 Å². The number of amides is 2. The van der Waals surface area contributed by atoms with Gasteiger partial charge in [-0.25, -0.2) is 4.79 Å². The highest BCUT2D eigenvalue weighted by Crippen LogP contribution is 2.48. The number of benzene rings is 1. The first-order valence-corrected chi connectivity index (χ1v) is 9.62. The molecule has 0 heterocycles. The van der Waals surface area contributed by atoms with Gasteiger partial charge in [-0.15, -0.1) is 0 Å². The molecular weight excluding hydrogens is 392 g/mol. The summed E-state index contributed by atoms with van der Waals surface area (Å²) in [5, 5.41) is 49.0. The second kappa shape index (κ2) is 8.12. The van der Waals surface area contributed by atoms with Crippen LogP contribution in [0.3, 0.4) is 0 Å². The first kappa shape index (κ1) is 24.0. The maximum atomic E-state index is 12.5. The number of aliphatic hydroxyl groups excluding tert-OH is 2. The van der Waals surface area contributed by atoms with E-state index in [1.165, 1.54) is 39.8 Å². The Balaban J connectivity index is 2.60. The predicted octanol–water partition coefficient (Wildman–Crippen LogP) is -1.12. The van der Waals surface area contributed by atoms with Crippen LogP contribution in [-0.4, -0.2) is 92.8 Å². The lowest BCUT2D eigenvalue weighted by molar-refractivity contribution is -0.185. The molecule has 0 spiro atoms. The van der Waals surface area contributed by atoms with E-state index in [-0.39, 0.29) is 5.78 Å². The van der Waals surface area contributed by atoms with Crippen LogP contribution >= 0.6 is 0 Å². The highest BCUT2D eigenvalue weighted by molar-refractivity contribution is 5.94. The summed E-state index contributed by atoms with van der Waals surface area (Å²) in [7, 11) is 2.95. The van der Waals surface area contributed by atoms with Gasteiger partial charge in [0.1, 0.15) is 16.7 Å². The highest BCUT2D eigenvalue weighted by Gasteiger charge is 2.75. The standard InChI is InChI=1S/C20H32N4O6/c1-11(26)13-7-6-8-14(9-13)22-16-15(21)20(12(2)27,23-17(28)24(4)5)18(3,29)19(16,30)10-25/h6-9,12,15-16,22,25,27,29-30H,10,21H2,1-5H3,(H,23,28)/t12-,15-,16-,18-,19+,20-/m1/s1. The molecule has 0 aromatic heterocycles. The van der Waals surface area contributed by atoms with E-state index in [1.54, 1.807) is 24.3 Å². The van der Waals surface area contributed by atoms with E-state index >= 15 is 0 Å². The number of nitrogens with one attached hydrogen (secondary N) is 2. The zero-order valence-corrected chi connectivity index (χ0v) is 17.9. The lowest BCUT2D eigenvalue weighted by atomic mass is 9.73. The number of hydrogen-bond donors (Lipinski definition) is 7. The van der Waals surface area contributed by atoms with Crippen LogP contribution < -0.4 is 16.4 Å². The zero-order valence-electron chi connectivity index (χ0n) is 17.9. The van der Waals surface area contributed by atoms with Crippen molar-refractivity contribution >= 4 is 17.5 Å². The molecule has 1 fully saturated rings. The minimum Gasteiger partial charge on any atom is -0.393 e. The first-order valence-electron chi connectivity index (χ1n) is 9.62. The Morgan fingerprint density at radius 3 is 2.37 bits per heavy atom. The molecule has 0 saturated heterocycles. The Hall–Kier alpha value is -2.24. The summed E-state index contributed by atoms with van der Waals surface area (Å²) < 4.78 is 0. The van der Waals surface area contributed by atoms with Gasteiger partial charge >= 0.3 is 6.03 Å². The van der Waals surface area contributed by atoms with Crippen molar-refractivity contribution in [1.82, 2.24) is 10.2 Å². The predicted molar refractivity (Wildman–Crippen MR) is 111 cm³/mol. The van der Waals surface area contributed by atoms with E-state index in [0.29, 0.717) is 11.3 Å². The summed E-state index contributed by atoms with van der Waals surface area (Å²) in [6.45, 7) is 3.04. The molecule has 168 valence electrons. The molecular formula is C20H32N4O6. The molecule has 0 aliphatic heterocycles. The van der Waals surface area contributed by atoms with Crippen LogP contribution in [0, 0.1) is 0 Å². The summed E-state index contributed by atoms with van der Waals surface area (Å²) in [6, 6.07) is 3.34. The molecule has 1 saturated carbocycles. The maximum absolute atomic E-state index is 12.5. The average Bonchev–Trinajstić information content (AvgIpc) is 2.79. The highest BCUT2D eigenvalue weighted by atomic mass is 16.4. The molecule has 2 rings (SSSR count). The summed E-state index contributed by atoms with van der Waals surface area (Å²) in [5.74, 6) is -0.171. The van der Waals surface area contributed by atoms with Crippen LogP contribution in [0.25, 0.3) is 0 Å². The lowest BCUT2D eigenvalue weighted by Crippen LogP contribution is -2.76. The molecule has 1 aliphatic rings. The minimum atomic E-state index is -2.25. The number of aliphatic hydroxyl groups is 4. The molecule has 10 nitrogen and oxygen atoms in total. The number of Topliss-reactive ketones (excluding diaryl/α,β-unsaturated/α-hetero) is 1. The third kappa shape index (κ3) is 3.44. The van der Waals surface area contributed by atoms with E-state index in [4.69, 9.17) is 5.73 Å². The van der Waals surface area contributed by atoms with E-state index in [9.17, 15) is 30.0 Å². The van der Waals surface area contributed by atoms with Crippen molar-refractivity contribution < 1.29 is 30.0 Å². The smallest absolute Gasteiger partial charge is 0.317 e. The molecule has 1 aromatic rings. The van der Waals surface area contributed by atoms with Gasteiger partial charge in [-0.3, -0.25) is 4.79 Å². The van der Waals surface area contributed by atoms with Crippen LogP contribution in [0.2, 0.25) is 0 Å². The molecule has 6 atom stereocenters. The van der Waals surface area contributed by atoms with Crippen molar-refractivity contribution in [3.05, 3.63) is 29.8 Å². The fourth-order valence-electron chi connectivity index (χ4n) is 4.30. The van der Waals surface area contributed by atoms with Gasteiger partial charge in [0.2, 0.25) is 0 Å². The number of hydrogen-bond acceptors (Lipinski definition) is 8. The van der Waals surface area contributed by atoms with Gasteiger partial charge in [0.05, 0.1) is 24.8 Å². The van der Waals surface area contributed by atoms with Gasteiger partial charge in [-0.2, -0.15) is 0 Å². The third-order valence-corrected chi connectivity index (χ3v) is 6.26.